The molecular weight excluding hydrogens is 351 g/mol. The van der Waals surface area contributed by atoms with E-state index in [-0.39, 0.29) is 17.8 Å². The summed E-state index contributed by atoms with van der Waals surface area (Å²) < 4.78 is 15.3. The summed E-state index contributed by atoms with van der Waals surface area (Å²) in [6.45, 7) is 0. The molecule has 0 aliphatic carbocycles. The molecule has 1 aliphatic rings. The van der Waals surface area contributed by atoms with E-state index in [0.29, 0.717) is 11.3 Å². The number of benzene rings is 1. The van der Waals surface area contributed by atoms with Gasteiger partial charge in [0.2, 0.25) is 0 Å². The molecule has 1 unspecified atom stereocenters. The minimum Gasteiger partial charge on any atom is -0.345 e. The maximum absolute atomic E-state index is 13.7. The predicted molar refractivity (Wildman–Crippen MR) is 98.4 cm³/mol. The minimum absolute atomic E-state index is 0.212. The van der Waals surface area contributed by atoms with Gasteiger partial charge in [-0.05, 0) is 42.3 Å². The Balaban J connectivity index is 1.64. The van der Waals surface area contributed by atoms with Gasteiger partial charge in [-0.1, -0.05) is 0 Å². The first-order valence-corrected chi connectivity index (χ1v) is 9.27. The van der Waals surface area contributed by atoms with E-state index in [2.05, 4.69) is 15.4 Å². The third-order valence-electron chi connectivity index (χ3n) is 4.33. The maximum Gasteiger partial charge on any atom is 0.255 e. The largest absolute Gasteiger partial charge is 0.345 e. The third kappa shape index (κ3) is 3.22. The monoisotopic (exact) mass is 368 g/mol. The highest BCUT2D eigenvalue weighted by Gasteiger charge is 2.25. The van der Waals surface area contributed by atoms with E-state index in [1.807, 2.05) is 12.1 Å². The number of pyridine rings is 1. The highest BCUT2D eigenvalue weighted by Crippen LogP contribution is 2.36. The van der Waals surface area contributed by atoms with Crippen molar-refractivity contribution >= 4 is 17.7 Å². The van der Waals surface area contributed by atoms with Gasteiger partial charge in [0.05, 0.1) is 11.6 Å². The van der Waals surface area contributed by atoms with Gasteiger partial charge < -0.3 is 5.32 Å². The lowest BCUT2D eigenvalue weighted by Crippen LogP contribution is -2.30. The van der Waals surface area contributed by atoms with Gasteiger partial charge in [-0.3, -0.25) is 14.5 Å². The molecule has 0 saturated heterocycles. The molecular formula is C19H17FN4OS. The van der Waals surface area contributed by atoms with Crippen molar-refractivity contribution in [1.29, 1.82) is 0 Å². The number of thioether (sulfide) groups is 1. The molecule has 0 radical (unpaired) electrons. The number of carbonyl (C=O) groups is 1. The second-order valence-corrected chi connectivity index (χ2v) is 7.29. The molecule has 1 atom stereocenters. The molecule has 132 valence electrons. The maximum atomic E-state index is 13.7. The molecule has 3 heterocycles. The number of amides is 1. The zero-order valence-corrected chi connectivity index (χ0v) is 15.0. The average Bonchev–Trinajstić information content (AvgIpc) is 3.05. The topological polar surface area (TPSA) is 59.8 Å². The van der Waals surface area contributed by atoms with Crippen LogP contribution in [-0.2, 0) is 7.05 Å². The molecule has 2 aromatic heterocycles. The molecule has 0 fully saturated rings. The highest BCUT2D eigenvalue weighted by molar-refractivity contribution is 7.99. The Morgan fingerprint density at radius 2 is 2.27 bits per heavy atom. The number of aromatic nitrogens is 3. The van der Waals surface area contributed by atoms with Crippen LogP contribution in [0.3, 0.4) is 0 Å². The van der Waals surface area contributed by atoms with Crippen LogP contribution in [0.1, 0.15) is 28.4 Å². The molecule has 4 rings (SSSR count). The Morgan fingerprint density at radius 3 is 3.08 bits per heavy atom. The summed E-state index contributed by atoms with van der Waals surface area (Å²) in [4.78, 5) is 18.0. The van der Waals surface area contributed by atoms with Crippen molar-refractivity contribution in [2.45, 2.75) is 17.4 Å². The summed E-state index contributed by atoms with van der Waals surface area (Å²) in [7, 11) is 1.78. The number of aryl methyl sites for hydroxylation is 1. The molecule has 0 bridgehead atoms. The highest BCUT2D eigenvalue weighted by atomic mass is 32.2. The summed E-state index contributed by atoms with van der Waals surface area (Å²) in [6, 6.07) is 8.21. The smallest absolute Gasteiger partial charge is 0.255 e. The first-order valence-electron chi connectivity index (χ1n) is 8.29. The number of fused-ring (bicyclic) bond motifs is 1. The summed E-state index contributed by atoms with van der Waals surface area (Å²) in [5, 5.41) is 7.45. The van der Waals surface area contributed by atoms with Gasteiger partial charge in [-0.2, -0.15) is 5.10 Å². The standard InChI is InChI=1S/C19H17FN4OS/c1-24-11-15(18(23-24)12-3-2-7-21-10-12)19(25)22-16-6-8-26-17-5-4-13(20)9-14(16)17/h2-5,7,9-11,16H,6,8H2,1H3,(H,22,25). The van der Waals surface area contributed by atoms with Gasteiger partial charge in [-0.25, -0.2) is 4.39 Å². The van der Waals surface area contributed by atoms with Crippen molar-refractivity contribution in [3.8, 4) is 11.3 Å². The summed E-state index contributed by atoms with van der Waals surface area (Å²) in [6.07, 6.45) is 5.81. The molecule has 1 N–H and O–H groups in total. The Labute approximate surface area is 154 Å². The van der Waals surface area contributed by atoms with E-state index in [1.54, 1.807) is 48.1 Å². The number of nitrogens with one attached hydrogen (secondary N) is 1. The van der Waals surface area contributed by atoms with Crippen molar-refractivity contribution < 1.29 is 9.18 Å². The van der Waals surface area contributed by atoms with Gasteiger partial charge in [0.15, 0.2) is 0 Å². The first kappa shape index (κ1) is 16.8. The summed E-state index contributed by atoms with van der Waals surface area (Å²) in [5.41, 5.74) is 2.68. The SMILES string of the molecule is Cn1cc(C(=O)NC2CCSc3ccc(F)cc32)c(-c2cccnc2)n1. The van der Waals surface area contributed by atoms with Crippen LogP contribution < -0.4 is 5.32 Å². The lowest BCUT2D eigenvalue weighted by Gasteiger charge is -2.26. The Hall–Kier alpha value is -2.67. The van der Waals surface area contributed by atoms with Crippen molar-refractivity contribution in [2.24, 2.45) is 7.05 Å². The van der Waals surface area contributed by atoms with Crippen molar-refractivity contribution in [3.05, 3.63) is 65.9 Å². The van der Waals surface area contributed by atoms with Crippen LogP contribution in [0.15, 0.2) is 53.8 Å². The number of hydrogen-bond donors (Lipinski definition) is 1. The molecule has 26 heavy (non-hydrogen) atoms. The van der Waals surface area contributed by atoms with Crippen LogP contribution in [0.25, 0.3) is 11.3 Å². The Bertz CT molecular complexity index is 957. The molecule has 1 aromatic carbocycles. The second kappa shape index (κ2) is 6.92. The van der Waals surface area contributed by atoms with Gasteiger partial charge in [0.1, 0.15) is 11.5 Å². The Kier molecular flexibility index (Phi) is 4.46. The van der Waals surface area contributed by atoms with Crippen LogP contribution in [0.4, 0.5) is 4.39 Å². The van der Waals surface area contributed by atoms with Gasteiger partial charge in [0, 0.05) is 41.8 Å². The fraction of sp³-hybridized carbons (Fsp3) is 0.211. The molecule has 1 amide bonds. The number of hydrogen-bond acceptors (Lipinski definition) is 4. The van der Waals surface area contributed by atoms with E-state index in [9.17, 15) is 9.18 Å². The molecule has 5 nitrogen and oxygen atoms in total. The van der Waals surface area contributed by atoms with E-state index in [4.69, 9.17) is 0 Å². The van der Waals surface area contributed by atoms with E-state index in [1.165, 1.54) is 12.1 Å². The number of rotatable bonds is 3. The van der Waals surface area contributed by atoms with Crippen LogP contribution in [-0.4, -0.2) is 26.4 Å². The third-order valence-corrected chi connectivity index (χ3v) is 5.45. The quantitative estimate of drug-likeness (QED) is 0.768. The van der Waals surface area contributed by atoms with Gasteiger partial charge >= 0.3 is 0 Å². The first-order chi connectivity index (χ1) is 12.6. The van der Waals surface area contributed by atoms with E-state index < -0.39 is 0 Å². The fourth-order valence-corrected chi connectivity index (χ4v) is 4.23. The minimum atomic E-state index is -0.289. The zero-order chi connectivity index (χ0) is 18.1. The normalized spacial score (nSPS) is 16.2. The van der Waals surface area contributed by atoms with Crippen molar-refractivity contribution in [2.75, 3.05) is 5.75 Å². The van der Waals surface area contributed by atoms with Crippen LogP contribution in [0.5, 0.6) is 0 Å². The lowest BCUT2D eigenvalue weighted by atomic mass is 10.0. The lowest BCUT2D eigenvalue weighted by molar-refractivity contribution is 0.0935. The molecule has 0 spiro atoms. The number of nitrogens with zero attached hydrogens (tertiary/aromatic N) is 3. The van der Waals surface area contributed by atoms with Gasteiger partial charge in [0.25, 0.3) is 5.91 Å². The van der Waals surface area contributed by atoms with Crippen molar-refractivity contribution in [1.82, 2.24) is 20.1 Å². The Morgan fingerprint density at radius 1 is 1.38 bits per heavy atom. The van der Waals surface area contributed by atoms with Crippen LogP contribution >= 0.6 is 11.8 Å². The zero-order valence-electron chi connectivity index (χ0n) is 14.1. The van der Waals surface area contributed by atoms with Crippen molar-refractivity contribution in [3.63, 3.8) is 0 Å². The van der Waals surface area contributed by atoms with E-state index >= 15 is 0 Å². The second-order valence-electron chi connectivity index (χ2n) is 6.15. The summed E-state index contributed by atoms with van der Waals surface area (Å²) >= 11 is 1.69. The molecule has 7 heteroatoms. The predicted octanol–water partition coefficient (Wildman–Crippen LogP) is 3.59. The molecule has 1 aliphatic heterocycles. The number of halogens is 1. The van der Waals surface area contributed by atoms with Gasteiger partial charge in [-0.15, -0.1) is 11.8 Å². The molecule has 3 aromatic rings. The number of carbonyl (C=O) groups excluding carboxylic acids is 1. The summed E-state index contributed by atoms with van der Waals surface area (Å²) in [5.74, 6) is 0.374. The average molecular weight is 368 g/mol. The molecule has 0 saturated carbocycles. The van der Waals surface area contributed by atoms with Crippen LogP contribution in [0, 0.1) is 5.82 Å². The fourth-order valence-electron chi connectivity index (χ4n) is 3.12. The van der Waals surface area contributed by atoms with E-state index in [0.717, 1.165) is 28.2 Å². The van der Waals surface area contributed by atoms with Crippen LogP contribution in [0.2, 0.25) is 0 Å².